The fourth-order valence-corrected chi connectivity index (χ4v) is 2.15. The number of ether oxygens (including phenoxy) is 1. The molecule has 0 spiro atoms. The predicted octanol–water partition coefficient (Wildman–Crippen LogP) is 3.37. The number of nitrogens with two attached hydrogens (primary N) is 1. The second-order valence-electron chi connectivity index (χ2n) is 4.65. The Morgan fingerprint density at radius 2 is 1.94 bits per heavy atom. The van der Waals surface area contributed by atoms with Crippen molar-refractivity contribution in [3.05, 3.63) is 24.0 Å². The van der Waals surface area contributed by atoms with Gasteiger partial charge >= 0.3 is 0 Å². The summed E-state index contributed by atoms with van der Waals surface area (Å²) in [5.74, 6) is 0.867. The molecule has 88 valence electrons. The lowest BCUT2D eigenvalue weighted by Crippen LogP contribution is -2.23. The quantitative estimate of drug-likeness (QED) is 0.780. The summed E-state index contributed by atoms with van der Waals surface area (Å²) in [6.45, 7) is 2.26. The molecular formula is C13H18FNO. The molecule has 16 heavy (non-hydrogen) atoms. The number of hydrogen-bond acceptors (Lipinski definition) is 2. The number of rotatable bonds is 2. The van der Waals surface area contributed by atoms with Crippen LogP contribution in [0.1, 0.15) is 32.6 Å². The van der Waals surface area contributed by atoms with E-state index < -0.39 is 5.82 Å². The number of hydrogen-bond donors (Lipinski definition) is 1. The van der Waals surface area contributed by atoms with Crippen LogP contribution < -0.4 is 10.5 Å². The third kappa shape index (κ3) is 2.46. The Bertz CT molecular complexity index is 359. The fourth-order valence-electron chi connectivity index (χ4n) is 2.15. The molecular weight excluding hydrogens is 205 g/mol. The van der Waals surface area contributed by atoms with E-state index in [0.717, 1.165) is 18.8 Å². The summed E-state index contributed by atoms with van der Waals surface area (Å²) in [6.07, 6.45) is 4.63. The second-order valence-corrected chi connectivity index (χ2v) is 4.65. The molecule has 1 aromatic carbocycles. The van der Waals surface area contributed by atoms with E-state index >= 15 is 0 Å². The summed E-state index contributed by atoms with van der Waals surface area (Å²) in [5.41, 5.74) is 5.75. The van der Waals surface area contributed by atoms with Gasteiger partial charge in [0.15, 0.2) is 0 Å². The van der Waals surface area contributed by atoms with Crippen LogP contribution in [-0.2, 0) is 0 Å². The smallest absolute Gasteiger partial charge is 0.149 e. The van der Waals surface area contributed by atoms with Gasteiger partial charge in [0.2, 0.25) is 0 Å². The molecule has 1 fully saturated rings. The maximum Gasteiger partial charge on any atom is 0.149 e. The van der Waals surface area contributed by atoms with Gasteiger partial charge in [0.05, 0.1) is 6.10 Å². The van der Waals surface area contributed by atoms with Crippen molar-refractivity contribution >= 4 is 5.69 Å². The first-order valence-corrected chi connectivity index (χ1v) is 5.87. The highest BCUT2D eigenvalue weighted by Crippen LogP contribution is 2.30. The average Bonchev–Trinajstić information content (AvgIpc) is 2.28. The van der Waals surface area contributed by atoms with E-state index in [1.54, 1.807) is 12.1 Å². The highest BCUT2D eigenvalue weighted by molar-refractivity contribution is 5.53. The first-order chi connectivity index (χ1) is 7.66. The van der Waals surface area contributed by atoms with Gasteiger partial charge < -0.3 is 10.5 Å². The summed E-state index contributed by atoms with van der Waals surface area (Å²) in [4.78, 5) is 0. The van der Waals surface area contributed by atoms with Crippen molar-refractivity contribution in [3.63, 3.8) is 0 Å². The number of benzene rings is 1. The molecule has 0 amide bonds. The topological polar surface area (TPSA) is 35.2 Å². The SMILES string of the molecule is CC1CCC(Oc2cccc(F)c2N)CC1. The first-order valence-electron chi connectivity index (χ1n) is 5.87. The van der Waals surface area contributed by atoms with Crippen molar-refractivity contribution in [2.75, 3.05) is 5.73 Å². The van der Waals surface area contributed by atoms with Gasteiger partial charge in [-0.15, -0.1) is 0 Å². The van der Waals surface area contributed by atoms with Crippen LogP contribution in [0, 0.1) is 11.7 Å². The summed E-state index contributed by atoms with van der Waals surface area (Å²) in [6, 6.07) is 4.72. The Labute approximate surface area is 95.6 Å². The molecule has 1 aliphatic carbocycles. The van der Waals surface area contributed by atoms with Gasteiger partial charge in [0.1, 0.15) is 17.3 Å². The standard InChI is InChI=1S/C13H18FNO/c1-9-5-7-10(8-6-9)16-12-4-2-3-11(14)13(12)15/h2-4,9-10H,5-8,15H2,1H3. The number of halogens is 1. The Morgan fingerprint density at radius 3 is 2.62 bits per heavy atom. The third-order valence-electron chi connectivity index (χ3n) is 3.27. The number of para-hydroxylation sites is 1. The van der Waals surface area contributed by atoms with Crippen LogP contribution >= 0.6 is 0 Å². The van der Waals surface area contributed by atoms with Gasteiger partial charge in [-0.1, -0.05) is 13.0 Å². The zero-order valence-electron chi connectivity index (χ0n) is 9.58. The monoisotopic (exact) mass is 223 g/mol. The predicted molar refractivity (Wildman–Crippen MR) is 62.9 cm³/mol. The Morgan fingerprint density at radius 1 is 1.25 bits per heavy atom. The van der Waals surface area contributed by atoms with Crippen molar-refractivity contribution in [3.8, 4) is 5.75 Å². The molecule has 0 heterocycles. The highest BCUT2D eigenvalue weighted by Gasteiger charge is 2.20. The van der Waals surface area contributed by atoms with Crippen LogP contribution in [0.25, 0.3) is 0 Å². The largest absolute Gasteiger partial charge is 0.488 e. The van der Waals surface area contributed by atoms with E-state index in [4.69, 9.17) is 10.5 Å². The first kappa shape index (κ1) is 11.2. The lowest BCUT2D eigenvalue weighted by atomic mass is 9.89. The van der Waals surface area contributed by atoms with Crippen molar-refractivity contribution < 1.29 is 9.13 Å². The highest BCUT2D eigenvalue weighted by atomic mass is 19.1. The minimum atomic E-state index is -0.401. The second kappa shape index (κ2) is 4.73. The van der Waals surface area contributed by atoms with Gasteiger partial charge in [0, 0.05) is 0 Å². The minimum Gasteiger partial charge on any atom is -0.488 e. The Balaban J connectivity index is 2.01. The summed E-state index contributed by atoms with van der Waals surface area (Å²) >= 11 is 0. The van der Waals surface area contributed by atoms with Crippen LogP contribution in [0.4, 0.5) is 10.1 Å². The summed E-state index contributed by atoms with van der Waals surface area (Å²) in [7, 11) is 0. The molecule has 2 nitrogen and oxygen atoms in total. The molecule has 0 radical (unpaired) electrons. The van der Waals surface area contributed by atoms with Crippen LogP contribution in [0.15, 0.2) is 18.2 Å². The maximum atomic E-state index is 13.2. The summed E-state index contributed by atoms with van der Waals surface area (Å²) < 4.78 is 18.9. The lowest BCUT2D eigenvalue weighted by molar-refractivity contribution is 0.136. The zero-order valence-corrected chi connectivity index (χ0v) is 9.58. The molecule has 0 bridgehead atoms. The van der Waals surface area contributed by atoms with E-state index in [9.17, 15) is 4.39 Å². The van der Waals surface area contributed by atoms with Gasteiger partial charge in [0.25, 0.3) is 0 Å². The van der Waals surface area contributed by atoms with Gasteiger partial charge in [-0.05, 0) is 43.7 Å². The molecule has 0 aromatic heterocycles. The van der Waals surface area contributed by atoms with Crippen molar-refractivity contribution in [1.82, 2.24) is 0 Å². The fraction of sp³-hybridized carbons (Fsp3) is 0.538. The Kier molecular flexibility index (Phi) is 3.32. The normalized spacial score (nSPS) is 25.4. The molecule has 3 heteroatoms. The van der Waals surface area contributed by atoms with Gasteiger partial charge in [-0.25, -0.2) is 4.39 Å². The number of nitrogen functional groups attached to an aromatic ring is 1. The molecule has 1 aliphatic rings. The Hall–Kier alpha value is -1.25. The van der Waals surface area contributed by atoms with Crippen LogP contribution in [0.3, 0.4) is 0 Å². The van der Waals surface area contributed by atoms with Crippen molar-refractivity contribution in [2.45, 2.75) is 38.7 Å². The van der Waals surface area contributed by atoms with E-state index in [2.05, 4.69) is 6.92 Å². The van der Waals surface area contributed by atoms with Crippen LogP contribution in [-0.4, -0.2) is 6.10 Å². The molecule has 1 aromatic rings. The van der Waals surface area contributed by atoms with E-state index in [1.807, 2.05) is 0 Å². The lowest BCUT2D eigenvalue weighted by Gasteiger charge is -2.27. The molecule has 1 saturated carbocycles. The zero-order chi connectivity index (χ0) is 11.5. The van der Waals surface area contributed by atoms with E-state index in [0.29, 0.717) is 5.75 Å². The molecule has 2 N–H and O–H groups in total. The van der Waals surface area contributed by atoms with Crippen LogP contribution in [0.2, 0.25) is 0 Å². The maximum absolute atomic E-state index is 13.2. The van der Waals surface area contributed by atoms with Crippen molar-refractivity contribution in [1.29, 1.82) is 0 Å². The molecule has 0 unspecified atom stereocenters. The number of anilines is 1. The summed E-state index contributed by atoms with van der Waals surface area (Å²) in [5, 5.41) is 0. The molecule has 0 atom stereocenters. The minimum absolute atomic E-state index is 0.126. The third-order valence-corrected chi connectivity index (χ3v) is 3.27. The van der Waals surface area contributed by atoms with Gasteiger partial charge in [-0.2, -0.15) is 0 Å². The van der Waals surface area contributed by atoms with E-state index in [1.165, 1.54) is 18.9 Å². The van der Waals surface area contributed by atoms with Crippen molar-refractivity contribution in [2.24, 2.45) is 5.92 Å². The van der Waals surface area contributed by atoms with Crippen LogP contribution in [0.5, 0.6) is 5.75 Å². The molecule has 0 aliphatic heterocycles. The molecule has 2 rings (SSSR count). The average molecular weight is 223 g/mol. The van der Waals surface area contributed by atoms with E-state index in [-0.39, 0.29) is 11.8 Å². The van der Waals surface area contributed by atoms with Gasteiger partial charge in [-0.3, -0.25) is 0 Å². The molecule has 0 saturated heterocycles.